The number of ether oxygens (including phenoxy) is 4. The molecule has 0 aliphatic heterocycles. The fourth-order valence-electron chi connectivity index (χ4n) is 2.86. The summed E-state index contributed by atoms with van der Waals surface area (Å²) in [5.41, 5.74) is 3.75. The molecule has 7 nitrogen and oxygen atoms in total. The van der Waals surface area contributed by atoms with Crippen molar-refractivity contribution in [2.24, 2.45) is 0 Å². The van der Waals surface area contributed by atoms with E-state index in [1.54, 1.807) is 31.2 Å². The summed E-state index contributed by atoms with van der Waals surface area (Å²) in [4.78, 5) is 22.8. The van der Waals surface area contributed by atoms with E-state index in [1.807, 2.05) is 44.2 Å². The van der Waals surface area contributed by atoms with Crippen LogP contribution in [0.5, 0.6) is 23.0 Å². The SMILES string of the molecule is C=C(C)C(=O)OCCCC(=O)Oc1ccc(C)cc1OC.COc1cc(C)ccc1O.Cc1ccccc1. The zero-order valence-electron chi connectivity index (χ0n) is 23.1. The van der Waals surface area contributed by atoms with Gasteiger partial charge in [0.05, 0.1) is 20.8 Å². The first-order chi connectivity index (χ1) is 18.1. The van der Waals surface area contributed by atoms with Crippen LogP contribution >= 0.6 is 0 Å². The summed E-state index contributed by atoms with van der Waals surface area (Å²) in [6, 6.07) is 20.8. The van der Waals surface area contributed by atoms with Crippen molar-refractivity contribution in [1.29, 1.82) is 0 Å². The van der Waals surface area contributed by atoms with Crippen molar-refractivity contribution in [1.82, 2.24) is 0 Å². The van der Waals surface area contributed by atoms with E-state index in [4.69, 9.17) is 24.1 Å². The number of aryl methyl sites for hydroxylation is 3. The lowest BCUT2D eigenvalue weighted by Crippen LogP contribution is -2.12. The Morgan fingerprint density at radius 1 is 0.789 bits per heavy atom. The molecule has 7 heteroatoms. The molecule has 0 aromatic heterocycles. The lowest BCUT2D eigenvalue weighted by molar-refractivity contribution is -0.141. The number of methoxy groups -OCH3 is 2. The second kappa shape index (κ2) is 17.2. The van der Waals surface area contributed by atoms with Gasteiger partial charge in [0.1, 0.15) is 0 Å². The highest BCUT2D eigenvalue weighted by Crippen LogP contribution is 2.28. The van der Waals surface area contributed by atoms with Crippen LogP contribution in [0.4, 0.5) is 0 Å². The summed E-state index contributed by atoms with van der Waals surface area (Å²) in [5.74, 6) is 0.754. The van der Waals surface area contributed by atoms with Crippen molar-refractivity contribution in [3.05, 3.63) is 95.6 Å². The van der Waals surface area contributed by atoms with E-state index in [9.17, 15) is 9.59 Å². The Balaban J connectivity index is 0.000000345. The van der Waals surface area contributed by atoms with Gasteiger partial charge in [-0.05, 0) is 69.5 Å². The number of phenolic OH excluding ortho intramolecular Hbond substituents is 1. The maximum absolute atomic E-state index is 11.7. The monoisotopic (exact) mass is 522 g/mol. The molecule has 3 aromatic carbocycles. The summed E-state index contributed by atoms with van der Waals surface area (Å²) in [6.45, 7) is 11.1. The number of aromatic hydroxyl groups is 1. The molecule has 0 aliphatic carbocycles. The number of carbonyl (C=O) groups excluding carboxylic acids is 2. The summed E-state index contributed by atoms with van der Waals surface area (Å²) < 4.78 is 20.1. The molecule has 0 saturated carbocycles. The molecule has 0 radical (unpaired) electrons. The Bertz CT molecular complexity index is 1170. The summed E-state index contributed by atoms with van der Waals surface area (Å²) in [7, 11) is 3.05. The van der Waals surface area contributed by atoms with Crippen LogP contribution in [0.2, 0.25) is 0 Å². The van der Waals surface area contributed by atoms with Crippen LogP contribution in [0.3, 0.4) is 0 Å². The van der Waals surface area contributed by atoms with E-state index in [-0.39, 0.29) is 18.8 Å². The van der Waals surface area contributed by atoms with Gasteiger partial charge in [0, 0.05) is 12.0 Å². The number of benzene rings is 3. The molecular formula is C31H38O7. The molecule has 3 rings (SSSR count). The van der Waals surface area contributed by atoms with Crippen LogP contribution in [0.1, 0.15) is 36.5 Å². The minimum atomic E-state index is -0.455. The third kappa shape index (κ3) is 12.6. The summed E-state index contributed by atoms with van der Waals surface area (Å²) in [5, 5.41) is 9.11. The van der Waals surface area contributed by atoms with Gasteiger partial charge in [0.15, 0.2) is 23.0 Å². The van der Waals surface area contributed by atoms with Crippen molar-refractivity contribution in [2.75, 3.05) is 20.8 Å². The van der Waals surface area contributed by atoms with Gasteiger partial charge in [-0.25, -0.2) is 4.79 Å². The predicted molar refractivity (Wildman–Crippen MR) is 149 cm³/mol. The Labute approximate surface area is 225 Å². The quantitative estimate of drug-likeness (QED) is 0.156. The zero-order chi connectivity index (χ0) is 28.5. The minimum Gasteiger partial charge on any atom is -0.504 e. The highest BCUT2D eigenvalue weighted by Gasteiger charge is 2.11. The van der Waals surface area contributed by atoms with E-state index >= 15 is 0 Å². The first-order valence-electron chi connectivity index (χ1n) is 12.1. The van der Waals surface area contributed by atoms with Crippen LogP contribution in [0, 0.1) is 20.8 Å². The number of hydrogen-bond acceptors (Lipinski definition) is 7. The first-order valence-corrected chi connectivity index (χ1v) is 12.1. The van der Waals surface area contributed by atoms with Crippen LogP contribution in [-0.4, -0.2) is 37.9 Å². The number of carbonyl (C=O) groups is 2. The molecule has 204 valence electrons. The van der Waals surface area contributed by atoms with Gasteiger partial charge in [-0.1, -0.05) is 54.6 Å². The van der Waals surface area contributed by atoms with Crippen molar-refractivity contribution < 1.29 is 33.6 Å². The third-order valence-electron chi connectivity index (χ3n) is 4.93. The molecule has 1 N–H and O–H groups in total. The maximum atomic E-state index is 11.7. The van der Waals surface area contributed by atoms with Gasteiger partial charge < -0.3 is 24.1 Å². The highest BCUT2D eigenvalue weighted by molar-refractivity contribution is 5.86. The second-order valence-electron chi connectivity index (χ2n) is 8.48. The number of phenols is 1. The van der Waals surface area contributed by atoms with E-state index in [0.29, 0.717) is 29.2 Å². The Morgan fingerprint density at radius 3 is 1.87 bits per heavy atom. The standard InChI is InChI=1S/C16H20O5.C8H10O2.C7H8/c1-11(2)16(18)20-9-5-6-15(17)21-13-8-7-12(3)10-14(13)19-4;1-6-3-4-7(9)8(5-6)10-2;1-7-5-3-2-4-6-7/h7-8,10H,1,5-6,9H2,2-4H3;3-5,9H,1-2H3;2-6H,1H3. The Morgan fingerprint density at radius 2 is 1.37 bits per heavy atom. The zero-order valence-corrected chi connectivity index (χ0v) is 23.1. The van der Waals surface area contributed by atoms with Crippen LogP contribution in [-0.2, 0) is 14.3 Å². The highest BCUT2D eigenvalue weighted by atomic mass is 16.6. The maximum Gasteiger partial charge on any atom is 0.333 e. The average Bonchev–Trinajstić information content (AvgIpc) is 2.90. The molecule has 38 heavy (non-hydrogen) atoms. The van der Waals surface area contributed by atoms with E-state index in [1.165, 1.54) is 19.8 Å². The minimum absolute atomic E-state index is 0.153. The van der Waals surface area contributed by atoms with Crippen molar-refractivity contribution in [2.45, 2.75) is 40.5 Å². The van der Waals surface area contributed by atoms with Crippen LogP contribution in [0.15, 0.2) is 78.9 Å². The molecule has 0 bridgehead atoms. The molecule has 0 spiro atoms. The summed E-state index contributed by atoms with van der Waals surface area (Å²) in [6.07, 6.45) is 0.548. The second-order valence-corrected chi connectivity index (χ2v) is 8.48. The molecule has 3 aromatic rings. The summed E-state index contributed by atoms with van der Waals surface area (Å²) >= 11 is 0. The number of rotatable bonds is 8. The molecule has 0 aliphatic rings. The molecule has 0 fully saturated rings. The topological polar surface area (TPSA) is 91.3 Å². The Hall–Kier alpha value is -4.26. The fraction of sp³-hybridized carbons (Fsp3) is 0.290. The predicted octanol–water partition coefficient (Wildman–Crippen LogP) is 6.51. The van der Waals surface area contributed by atoms with Gasteiger partial charge in [-0.3, -0.25) is 4.79 Å². The van der Waals surface area contributed by atoms with Crippen molar-refractivity contribution in [3.8, 4) is 23.0 Å². The molecule has 0 atom stereocenters. The Kier molecular flexibility index (Phi) is 14.4. The lowest BCUT2D eigenvalue weighted by Gasteiger charge is -2.10. The van der Waals surface area contributed by atoms with Crippen molar-refractivity contribution in [3.63, 3.8) is 0 Å². The van der Waals surface area contributed by atoms with E-state index < -0.39 is 11.9 Å². The molecule has 0 saturated heterocycles. The van der Waals surface area contributed by atoms with Gasteiger partial charge in [0.2, 0.25) is 0 Å². The van der Waals surface area contributed by atoms with E-state index in [2.05, 4.69) is 25.6 Å². The number of hydrogen-bond donors (Lipinski definition) is 1. The van der Waals surface area contributed by atoms with Gasteiger partial charge in [0.25, 0.3) is 0 Å². The van der Waals surface area contributed by atoms with Crippen LogP contribution in [0.25, 0.3) is 0 Å². The average molecular weight is 523 g/mol. The number of esters is 2. The molecule has 0 heterocycles. The smallest absolute Gasteiger partial charge is 0.333 e. The van der Waals surface area contributed by atoms with E-state index in [0.717, 1.165) is 11.1 Å². The normalized spacial score (nSPS) is 9.53. The van der Waals surface area contributed by atoms with Gasteiger partial charge in [-0.2, -0.15) is 0 Å². The molecular weight excluding hydrogens is 484 g/mol. The molecule has 0 amide bonds. The third-order valence-corrected chi connectivity index (χ3v) is 4.93. The lowest BCUT2D eigenvalue weighted by atomic mass is 10.2. The van der Waals surface area contributed by atoms with Crippen molar-refractivity contribution >= 4 is 11.9 Å². The van der Waals surface area contributed by atoms with Crippen LogP contribution < -0.4 is 14.2 Å². The van der Waals surface area contributed by atoms with Gasteiger partial charge >= 0.3 is 11.9 Å². The first kappa shape index (κ1) is 31.8. The van der Waals surface area contributed by atoms with Gasteiger partial charge in [-0.15, -0.1) is 0 Å². The fourth-order valence-corrected chi connectivity index (χ4v) is 2.86. The largest absolute Gasteiger partial charge is 0.504 e. The molecule has 0 unspecified atom stereocenters.